The minimum atomic E-state index is -2.72. The molecule has 2 aliphatic rings. The number of carbonyl (C=O) groups excluding carboxylic acids is 1. The molecule has 1 saturated heterocycles. The first-order chi connectivity index (χ1) is 13.8. The third-order valence-corrected chi connectivity index (χ3v) is 6.33. The fraction of sp³-hybridized carbons (Fsp3) is 0.591. The van der Waals surface area contributed by atoms with Gasteiger partial charge in [0.05, 0.1) is 16.7 Å². The highest BCUT2D eigenvalue weighted by Crippen LogP contribution is 2.38. The summed E-state index contributed by atoms with van der Waals surface area (Å²) in [5.41, 5.74) is 2.18. The Balaban J connectivity index is 1.52. The topological polar surface area (TPSA) is 63.0 Å². The van der Waals surface area contributed by atoms with Gasteiger partial charge in [-0.2, -0.15) is 0 Å². The predicted molar refractivity (Wildman–Crippen MR) is 105 cm³/mol. The van der Waals surface area contributed by atoms with E-state index in [9.17, 15) is 18.7 Å². The highest BCUT2D eigenvalue weighted by molar-refractivity contribution is 6.02. The maximum atomic E-state index is 13.4. The summed E-state index contributed by atoms with van der Waals surface area (Å²) in [5.74, 6) is -2.56. The van der Waals surface area contributed by atoms with E-state index in [1.54, 1.807) is 0 Å². The van der Waals surface area contributed by atoms with Crippen LogP contribution in [0.2, 0.25) is 0 Å². The molecular weight excluding hydrogens is 378 g/mol. The lowest BCUT2D eigenvalue weighted by Crippen LogP contribution is -2.47. The van der Waals surface area contributed by atoms with Gasteiger partial charge in [0.1, 0.15) is 0 Å². The molecule has 7 heteroatoms. The molecule has 4 rings (SSSR count). The van der Waals surface area contributed by atoms with Gasteiger partial charge >= 0.3 is 0 Å². The molecule has 2 fully saturated rings. The van der Waals surface area contributed by atoms with Crippen LogP contribution in [0.15, 0.2) is 24.4 Å². The number of nitrogens with zero attached hydrogens (tertiary/aromatic N) is 1. The number of aliphatic hydroxyl groups is 1. The van der Waals surface area contributed by atoms with Crippen molar-refractivity contribution in [1.82, 2.24) is 9.72 Å². The largest absolute Gasteiger partial charge is 0.388 e. The van der Waals surface area contributed by atoms with Crippen LogP contribution in [0.4, 0.5) is 8.78 Å². The molecule has 1 aliphatic carbocycles. The molecule has 29 heavy (non-hydrogen) atoms. The molecule has 5 nitrogen and oxygen atoms in total. The summed E-state index contributed by atoms with van der Waals surface area (Å²) in [6, 6.07) is 5.84. The number of aromatic nitrogens is 1. The molecule has 1 unspecified atom stereocenters. The number of halogens is 2. The Kier molecular flexibility index (Phi) is 5.38. The van der Waals surface area contributed by atoms with Gasteiger partial charge < -0.3 is 19.6 Å². The quantitative estimate of drug-likeness (QED) is 0.799. The van der Waals surface area contributed by atoms with Gasteiger partial charge in [-0.25, -0.2) is 8.78 Å². The van der Waals surface area contributed by atoms with E-state index in [4.69, 9.17) is 4.74 Å². The van der Waals surface area contributed by atoms with Crippen LogP contribution in [0.1, 0.15) is 53.7 Å². The highest BCUT2D eigenvalue weighted by Gasteiger charge is 2.42. The molecule has 2 N–H and O–H groups in total. The number of carbonyl (C=O) groups is 1. The van der Waals surface area contributed by atoms with Crippen molar-refractivity contribution >= 4 is 11.4 Å². The monoisotopic (exact) mass is 406 g/mol. The van der Waals surface area contributed by atoms with Crippen molar-refractivity contribution in [3.63, 3.8) is 0 Å². The van der Waals surface area contributed by atoms with Crippen LogP contribution in [0, 0.1) is 12.8 Å². The Morgan fingerprint density at radius 3 is 2.79 bits per heavy atom. The van der Waals surface area contributed by atoms with Crippen LogP contribution in [-0.4, -0.2) is 46.7 Å². The number of amides is 1. The summed E-state index contributed by atoms with van der Waals surface area (Å²) >= 11 is 0. The summed E-state index contributed by atoms with van der Waals surface area (Å²) in [6.45, 7) is 3.46. The van der Waals surface area contributed by atoms with Gasteiger partial charge in [-0.15, -0.1) is 0 Å². The Morgan fingerprint density at radius 1 is 1.34 bits per heavy atom. The first-order valence-electron chi connectivity index (χ1n) is 10.3. The maximum absolute atomic E-state index is 13.4. The van der Waals surface area contributed by atoms with Crippen LogP contribution in [-0.2, 0) is 11.2 Å². The Morgan fingerprint density at radius 2 is 2.10 bits per heavy atom. The normalized spacial score (nSPS) is 23.4. The zero-order chi connectivity index (χ0) is 20.6. The smallest absolute Gasteiger partial charge is 0.253 e. The molecule has 0 bridgehead atoms. The molecule has 2 aromatic heterocycles. The minimum absolute atomic E-state index is 0.0112. The second-order valence-corrected chi connectivity index (χ2v) is 8.66. The first kappa shape index (κ1) is 20.3. The number of hydrogen-bond donors (Lipinski definition) is 2. The van der Waals surface area contributed by atoms with Crippen molar-refractivity contribution in [2.75, 3.05) is 19.8 Å². The van der Waals surface area contributed by atoms with E-state index in [0.29, 0.717) is 11.5 Å². The third kappa shape index (κ3) is 4.31. The molecule has 1 atom stereocenters. The van der Waals surface area contributed by atoms with Gasteiger partial charge in [0.15, 0.2) is 0 Å². The van der Waals surface area contributed by atoms with Crippen molar-refractivity contribution in [3.8, 4) is 0 Å². The van der Waals surface area contributed by atoms with Crippen LogP contribution in [0.3, 0.4) is 0 Å². The van der Waals surface area contributed by atoms with Crippen LogP contribution >= 0.6 is 0 Å². The van der Waals surface area contributed by atoms with Gasteiger partial charge in [-0.3, -0.25) is 4.79 Å². The van der Waals surface area contributed by atoms with Crippen molar-refractivity contribution in [2.24, 2.45) is 5.92 Å². The SMILES string of the molecule is Cc1cccn2c(CC3CCOC3)cc(C(=O)NCC3(O)CCC(F)(F)CC3)c12. The lowest BCUT2D eigenvalue weighted by Gasteiger charge is -2.35. The van der Waals surface area contributed by atoms with Gasteiger partial charge in [-0.05, 0) is 56.2 Å². The number of fused-ring (bicyclic) bond motifs is 1. The second kappa shape index (κ2) is 7.69. The van der Waals surface area contributed by atoms with Crippen molar-refractivity contribution in [2.45, 2.75) is 57.0 Å². The van der Waals surface area contributed by atoms with E-state index in [2.05, 4.69) is 9.72 Å². The molecule has 0 spiro atoms. The first-order valence-corrected chi connectivity index (χ1v) is 10.3. The third-order valence-electron chi connectivity index (χ3n) is 6.33. The molecule has 0 radical (unpaired) electrons. The average molecular weight is 406 g/mol. The van der Waals surface area contributed by atoms with Crippen molar-refractivity contribution in [3.05, 3.63) is 41.2 Å². The van der Waals surface area contributed by atoms with Gasteiger partial charge in [0, 0.05) is 44.5 Å². The van der Waals surface area contributed by atoms with E-state index in [1.165, 1.54) is 0 Å². The molecule has 1 amide bonds. The fourth-order valence-electron chi connectivity index (χ4n) is 4.47. The summed E-state index contributed by atoms with van der Waals surface area (Å²) in [4.78, 5) is 13.0. The summed E-state index contributed by atoms with van der Waals surface area (Å²) < 4.78 is 34.3. The summed E-state index contributed by atoms with van der Waals surface area (Å²) in [6.07, 6.45) is 3.09. The van der Waals surface area contributed by atoms with E-state index < -0.39 is 11.5 Å². The van der Waals surface area contributed by atoms with Gasteiger partial charge in [-0.1, -0.05) is 6.07 Å². The van der Waals surface area contributed by atoms with Gasteiger partial charge in [0.25, 0.3) is 5.91 Å². The van der Waals surface area contributed by atoms with E-state index in [-0.39, 0.29) is 38.1 Å². The maximum Gasteiger partial charge on any atom is 0.253 e. The number of nitrogens with one attached hydrogen (secondary N) is 1. The minimum Gasteiger partial charge on any atom is -0.388 e. The Labute approximate surface area is 169 Å². The molecule has 0 aromatic carbocycles. The number of alkyl halides is 2. The van der Waals surface area contributed by atoms with Crippen molar-refractivity contribution in [1.29, 1.82) is 0 Å². The number of ether oxygens (including phenoxy) is 1. The fourth-order valence-corrected chi connectivity index (χ4v) is 4.47. The standard InChI is InChI=1S/C22H28F2N2O3/c1-15-3-2-9-26-17(11-16-4-10-29-13-16)12-18(19(15)26)20(27)25-14-21(28)5-7-22(23,24)8-6-21/h2-3,9,12,16,28H,4-8,10-11,13-14H2,1H3,(H,25,27). The van der Waals surface area contributed by atoms with Crippen molar-refractivity contribution < 1.29 is 23.4 Å². The number of pyridine rings is 1. The zero-order valence-corrected chi connectivity index (χ0v) is 16.7. The lowest BCUT2D eigenvalue weighted by atomic mass is 9.82. The van der Waals surface area contributed by atoms with Crippen LogP contribution < -0.4 is 5.32 Å². The molecular formula is C22H28F2N2O3. The Hall–Kier alpha value is -1.99. The molecule has 158 valence electrons. The predicted octanol–water partition coefficient (Wildman–Crippen LogP) is 3.50. The van der Waals surface area contributed by atoms with E-state index in [0.717, 1.165) is 42.8 Å². The molecule has 3 heterocycles. The molecule has 2 aromatic rings. The summed E-state index contributed by atoms with van der Waals surface area (Å²) in [5, 5.41) is 13.4. The number of rotatable bonds is 5. The number of aryl methyl sites for hydroxylation is 1. The lowest BCUT2D eigenvalue weighted by molar-refractivity contribution is -0.101. The van der Waals surface area contributed by atoms with Crippen LogP contribution in [0.25, 0.3) is 5.52 Å². The average Bonchev–Trinajstić information content (AvgIpc) is 3.32. The van der Waals surface area contributed by atoms with Crippen LogP contribution in [0.5, 0.6) is 0 Å². The molecule has 1 saturated carbocycles. The van der Waals surface area contributed by atoms with Gasteiger partial charge in [0.2, 0.25) is 5.92 Å². The zero-order valence-electron chi connectivity index (χ0n) is 16.7. The second-order valence-electron chi connectivity index (χ2n) is 8.66. The highest BCUT2D eigenvalue weighted by atomic mass is 19.3. The van der Waals surface area contributed by atoms with E-state index in [1.807, 2.05) is 31.3 Å². The molecule has 1 aliphatic heterocycles. The number of hydrogen-bond acceptors (Lipinski definition) is 3. The Bertz CT molecular complexity index is 893. The summed E-state index contributed by atoms with van der Waals surface area (Å²) in [7, 11) is 0. The van der Waals surface area contributed by atoms with E-state index >= 15 is 0 Å².